The quantitative estimate of drug-likeness (QED) is 0.870. The Bertz CT molecular complexity index is 888. The lowest BCUT2D eigenvalue weighted by molar-refractivity contribution is -0.261. The molecule has 2 bridgehead atoms. The molecular formula is C19H21NO4. The zero-order valence-corrected chi connectivity index (χ0v) is 14.0. The number of hydrogen-bond donors (Lipinski definition) is 1. The lowest BCUT2D eigenvalue weighted by atomic mass is 9.58. The maximum absolute atomic E-state index is 12.8. The number of aryl methyl sites for hydroxylation is 1. The third-order valence-corrected chi connectivity index (χ3v) is 6.45. The second-order valence-corrected chi connectivity index (χ2v) is 7.55. The predicted molar refractivity (Wildman–Crippen MR) is 88.5 cm³/mol. The zero-order chi connectivity index (χ0) is 16.7. The number of nitrogens with zero attached hydrogens (tertiary/aromatic N) is 1. The molecule has 3 aliphatic carbocycles. The number of methoxy groups -OCH3 is 1. The van der Waals surface area contributed by atoms with Crippen molar-refractivity contribution in [2.24, 2.45) is 7.05 Å². The third-order valence-electron chi connectivity index (χ3n) is 6.45. The molecule has 5 rings (SSSR count). The number of ether oxygens (including phenoxy) is 2. The van der Waals surface area contributed by atoms with Gasteiger partial charge in [0.25, 0.3) is 0 Å². The maximum atomic E-state index is 12.8. The van der Waals surface area contributed by atoms with E-state index in [0.29, 0.717) is 18.6 Å². The highest BCUT2D eigenvalue weighted by Crippen LogP contribution is 2.59. The highest BCUT2D eigenvalue weighted by Gasteiger charge is 2.59. The standard InChI is InChI=1S/C19H21NO4/c1-20-8-5-11-9-13(21)17-16-15(11)12(20)3-6-18(16)7-4-14(22)19(10-18,23-2)24-17/h5,8-9,14,22H,3-4,6-7,10H2,1-2H3/t14-,18-,19-/m0/s1. The average molecular weight is 327 g/mol. The van der Waals surface area contributed by atoms with Crippen LogP contribution in [0, 0.1) is 0 Å². The predicted octanol–water partition coefficient (Wildman–Crippen LogP) is 1.95. The first-order valence-corrected chi connectivity index (χ1v) is 8.58. The van der Waals surface area contributed by atoms with E-state index in [9.17, 15) is 9.90 Å². The number of hydrogen-bond acceptors (Lipinski definition) is 4. The lowest BCUT2D eigenvalue weighted by Gasteiger charge is -2.55. The van der Waals surface area contributed by atoms with Crippen molar-refractivity contribution in [2.75, 3.05) is 7.11 Å². The van der Waals surface area contributed by atoms with Gasteiger partial charge in [-0.15, -0.1) is 0 Å². The summed E-state index contributed by atoms with van der Waals surface area (Å²) in [6.45, 7) is 0. The minimum Gasteiger partial charge on any atom is -0.455 e. The van der Waals surface area contributed by atoms with Crippen LogP contribution in [0.1, 0.15) is 36.9 Å². The Kier molecular flexibility index (Phi) is 2.66. The van der Waals surface area contributed by atoms with E-state index in [1.165, 1.54) is 11.3 Å². The van der Waals surface area contributed by atoms with Crippen molar-refractivity contribution in [3.63, 3.8) is 0 Å². The summed E-state index contributed by atoms with van der Waals surface area (Å²) in [6.07, 6.45) is 5.36. The van der Waals surface area contributed by atoms with Crippen LogP contribution in [-0.4, -0.2) is 28.7 Å². The van der Waals surface area contributed by atoms with Crippen LogP contribution < -0.4 is 10.2 Å². The first-order valence-electron chi connectivity index (χ1n) is 8.58. The molecule has 0 aromatic rings. The fourth-order valence-corrected chi connectivity index (χ4v) is 5.22. The van der Waals surface area contributed by atoms with Crippen LogP contribution >= 0.6 is 0 Å². The van der Waals surface area contributed by atoms with Crippen molar-refractivity contribution >= 4 is 0 Å². The second-order valence-electron chi connectivity index (χ2n) is 7.55. The number of aliphatic hydroxyl groups excluding tert-OH is 1. The van der Waals surface area contributed by atoms with E-state index in [1.807, 2.05) is 12.3 Å². The van der Waals surface area contributed by atoms with Crippen LogP contribution in [0.3, 0.4) is 0 Å². The van der Waals surface area contributed by atoms with Crippen LogP contribution in [-0.2, 0) is 23.6 Å². The molecule has 1 saturated carbocycles. The Labute approximate surface area is 140 Å². The molecule has 0 saturated heterocycles. The monoisotopic (exact) mass is 327 g/mol. The van der Waals surface area contributed by atoms with Gasteiger partial charge in [-0.05, 0) is 43.4 Å². The van der Waals surface area contributed by atoms with Gasteiger partial charge in [-0.2, -0.15) is 0 Å². The van der Waals surface area contributed by atoms with Gasteiger partial charge < -0.3 is 19.1 Å². The number of aromatic nitrogens is 1. The minimum absolute atomic E-state index is 0.112. The van der Waals surface area contributed by atoms with Crippen LogP contribution in [0.25, 0.3) is 11.1 Å². The largest absolute Gasteiger partial charge is 0.455 e. The van der Waals surface area contributed by atoms with Crippen LogP contribution in [0.4, 0.5) is 0 Å². The molecule has 1 fully saturated rings. The molecule has 1 N–H and O–H groups in total. The Balaban J connectivity index is 1.91. The first-order chi connectivity index (χ1) is 11.5. The molecule has 5 nitrogen and oxygen atoms in total. The molecule has 0 aromatic heterocycles. The number of rotatable bonds is 1. The summed E-state index contributed by atoms with van der Waals surface area (Å²) in [5.74, 6) is -0.700. The van der Waals surface area contributed by atoms with E-state index in [4.69, 9.17) is 9.47 Å². The smallest absolute Gasteiger partial charge is 0.237 e. The Morgan fingerprint density at radius 1 is 1.42 bits per heavy atom. The van der Waals surface area contributed by atoms with E-state index in [1.54, 1.807) is 13.2 Å². The zero-order valence-electron chi connectivity index (χ0n) is 14.0. The number of pyridine rings is 1. The number of fused-ring (bicyclic) bond motifs is 1. The maximum Gasteiger partial charge on any atom is 0.237 e. The van der Waals surface area contributed by atoms with Crippen molar-refractivity contribution in [1.29, 1.82) is 0 Å². The van der Waals surface area contributed by atoms with Crippen LogP contribution in [0.5, 0.6) is 5.75 Å². The van der Waals surface area contributed by atoms with E-state index in [0.717, 1.165) is 30.4 Å². The molecule has 1 spiro atoms. The van der Waals surface area contributed by atoms with Crippen molar-refractivity contribution in [3.05, 3.63) is 39.8 Å². The van der Waals surface area contributed by atoms with E-state index in [-0.39, 0.29) is 10.8 Å². The molecule has 24 heavy (non-hydrogen) atoms. The van der Waals surface area contributed by atoms with E-state index in [2.05, 4.69) is 11.6 Å². The topological polar surface area (TPSA) is 60.7 Å². The summed E-state index contributed by atoms with van der Waals surface area (Å²) in [5, 5.41) is 10.5. The van der Waals surface area contributed by atoms with E-state index < -0.39 is 11.9 Å². The fraction of sp³-hybridized carbons (Fsp3) is 0.526. The summed E-state index contributed by atoms with van der Waals surface area (Å²) in [6, 6.07) is 3.67. The molecule has 2 heterocycles. The van der Waals surface area contributed by atoms with Gasteiger partial charge >= 0.3 is 0 Å². The molecule has 126 valence electrons. The summed E-state index contributed by atoms with van der Waals surface area (Å²) in [5.41, 5.74) is 4.23. The molecule has 0 amide bonds. The lowest BCUT2D eigenvalue weighted by Crippen LogP contribution is -2.61. The fourth-order valence-electron chi connectivity index (χ4n) is 5.22. The Morgan fingerprint density at radius 2 is 2.25 bits per heavy atom. The summed E-state index contributed by atoms with van der Waals surface area (Å²) in [4.78, 5) is 12.8. The summed E-state index contributed by atoms with van der Waals surface area (Å²) < 4.78 is 13.9. The summed E-state index contributed by atoms with van der Waals surface area (Å²) in [7, 11) is 3.62. The van der Waals surface area contributed by atoms with Crippen LogP contribution in [0.2, 0.25) is 0 Å². The van der Waals surface area contributed by atoms with Gasteiger partial charge in [0.05, 0.1) is 0 Å². The van der Waals surface area contributed by atoms with Gasteiger partial charge in [0.1, 0.15) is 6.10 Å². The van der Waals surface area contributed by atoms with Gasteiger partial charge in [-0.3, -0.25) is 4.79 Å². The molecule has 2 aliphatic heterocycles. The van der Waals surface area contributed by atoms with Crippen molar-refractivity contribution in [3.8, 4) is 16.9 Å². The molecule has 3 atom stereocenters. The van der Waals surface area contributed by atoms with Crippen LogP contribution in [0.15, 0.2) is 23.1 Å². The first kappa shape index (κ1) is 14.5. The molecule has 0 aromatic carbocycles. The molecule has 0 radical (unpaired) electrons. The van der Waals surface area contributed by atoms with Crippen molar-refractivity contribution < 1.29 is 14.6 Å². The highest BCUT2D eigenvalue weighted by molar-refractivity contribution is 5.77. The van der Waals surface area contributed by atoms with Gasteiger partial charge in [-0.1, -0.05) is 0 Å². The molecule has 5 aliphatic rings. The highest BCUT2D eigenvalue weighted by atomic mass is 16.7. The van der Waals surface area contributed by atoms with Gasteiger partial charge in [-0.25, -0.2) is 0 Å². The van der Waals surface area contributed by atoms with E-state index >= 15 is 0 Å². The van der Waals surface area contributed by atoms with Gasteiger partial charge in [0.15, 0.2) is 5.75 Å². The van der Waals surface area contributed by atoms with Gasteiger partial charge in [0.2, 0.25) is 11.2 Å². The van der Waals surface area contributed by atoms with Gasteiger partial charge in [0, 0.05) is 49.0 Å². The summed E-state index contributed by atoms with van der Waals surface area (Å²) >= 11 is 0. The Hall–Kier alpha value is -1.85. The SMILES string of the molecule is CO[C@@]12C[C@]3(CCc4c5c3c(c(=O)cc-5ccn4C)O1)CC[C@@H]2O. The van der Waals surface area contributed by atoms with Crippen molar-refractivity contribution in [1.82, 2.24) is 4.57 Å². The Morgan fingerprint density at radius 3 is 3.04 bits per heavy atom. The average Bonchev–Trinajstić information content (AvgIpc) is 2.59. The third kappa shape index (κ3) is 1.55. The van der Waals surface area contributed by atoms with Crippen molar-refractivity contribution in [2.45, 2.75) is 49.4 Å². The number of aliphatic hydroxyl groups is 1. The molecule has 0 unspecified atom stereocenters. The molecular weight excluding hydrogens is 306 g/mol. The second kappa shape index (κ2) is 4.41. The minimum atomic E-state index is -1.09. The molecule has 5 heteroatoms. The normalized spacial score (nSPS) is 33.4. The number of benzene rings is 1.